The second kappa shape index (κ2) is 4.17. The van der Waals surface area contributed by atoms with E-state index in [1.165, 1.54) is 0 Å². The molecule has 0 aromatic heterocycles. The SMILES string of the molecule is OCc1c(C(F)(F)F)ccc(C(F)(F)F)c1F. The van der Waals surface area contributed by atoms with Gasteiger partial charge in [0.1, 0.15) is 5.82 Å². The van der Waals surface area contributed by atoms with Gasteiger partial charge >= 0.3 is 12.4 Å². The Morgan fingerprint density at radius 1 is 0.882 bits per heavy atom. The molecule has 1 nitrogen and oxygen atoms in total. The summed E-state index contributed by atoms with van der Waals surface area (Å²) in [5.74, 6) is -2.10. The number of halogens is 7. The number of benzene rings is 1. The van der Waals surface area contributed by atoms with E-state index in [1.54, 1.807) is 0 Å². The van der Waals surface area contributed by atoms with E-state index in [-0.39, 0.29) is 12.1 Å². The van der Waals surface area contributed by atoms with Crippen molar-refractivity contribution in [1.29, 1.82) is 0 Å². The van der Waals surface area contributed by atoms with Crippen LogP contribution in [-0.2, 0) is 19.0 Å². The molecule has 96 valence electrons. The van der Waals surface area contributed by atoms with Gasteiger partial charge in [-0.1, -0.05) is 0 Å². The van der Waals surface area contributed by atoms with E-state index in [0.717, 1.165) is 0 Å². The molecule has 0 atom stereocenters. The van der Waals surface area contributed by atoms with Crippen LogP contribution < -0.4 is 0 Å². The van der Waals surface area contributed by atoms with E-state index in [4.69, 9.17) is 5.11 Å². The van der Waals surface area contributed by atoms with E-state index in [2.05, 4.69) is 0 Å². The average Bonchev–Trinajstić information content (AvgIpc) is 2.13. The summed E-state index contributed by atoms with van der Waals surface area (Å²) in [5, 5.41) is 8.55. The van der Waals surface area contributed by atoms with Gasteiger partial charge in [0.25, 0.3) is 0 Å². The number of hydrogen-bond acceptors (Lipinski definition) is 1. The third kappa shape index (κ3) is 2.68. The van der Waals surface area contributed by atoms with Crippen molar-refractivity contribution < 1.29 is 35.8 Å². The van der Waals surface area contributed by atoms with Crippen molar-refractivity contribution in [3.05, 3.63) is 34.6 Å². The van der Waals surface area contributed by atoms with Crippen molar-refractivity contribution in [3.8, 4) is 0 Å². The minimum Gasteiger partial charge on any atom is -0.392 e. The highest BCUT2D eigenvalue weighted by molar-refractivity contribution is 5.36. The van der Waals surface area contributed by atoms with Crippen LogP contribution in [0, 0.1) is 5.82 Å². The summed E-state index contributed by atoms with van der Waals surface area (Å²) in [7, 11) is 0. The normalized spacial score (nSPS) is 12.9. The van der Waals surface area contributed by atoms with Gasteiger partial charge in [-0.25, -0.2) is 4.39 Å². The van der Waals surface area contributed by atoms with Gasteiger partial charge in [0.05, 0.1) is 17.7 Å². The lowest BCUT2D eigenvalue weighted by atomic mass is 10.0. The van der Waals surface area contributed by atoms with Crippen molar-refractivity contribution in [1.82, 2.24) is 0 Å². The third-order valence-electron chi connectivity index (χ3n) is 2.01. The Hall–Kier alpha value is -1.31. The van der Waals surface area contributed by atoms with Crippen LogP contribution >= 0.6 is 0 Å². The number of aliphatic hydroxyl groups is 1. The minimum absolute atomic E-state index is 0.00266. The van der Waals surface area contributed by atoms with Crippen LogP contribution in [0.25, 0.3) is 0 Å². The fraction of sp³-hybridized carbons (Fsp3) is 0.333. The van der Waals surface area contributed by atoms with Gasteiger partial charge in [0.15, 0.2) is 0 Å². The summed E-state index contributed by atoms with van der Waals surface area (Å²) in [6.45, 7) is -1.47. The zero-order chi connectivity index (χ0) is 13.4. The molecule has 0 bridgehead atoms. The number of hydrogen-bond donors (Lipinski definition) is 1. The number of rotatable bonds is 1. The van der Waals surface area contributed by atoms with E-state index in [1.807, 2.05) is 0 Å². The van der Waals surface area contributed by atoms with Crippen LogP contribution in [0.15, 0.2) is 12.1 Å². The maximum Gasteiger partial charge on any atom is 0.419 e. The smallest absolute Gasteiger partial charge is 0.392 e. The molecule has 0 amide bonds. The first-order chi connectivity index (χ1) is 7.59. The molecule has 0 aliphatic carbocycles. The third-order valence-corrected chi connectivity index (χ3v) is 2.01. The van der Waals surface area contributed by atoms with E-state index < -0.39 is 41.5 Å². The number of aliphatic hydroxyl groups excluding tert-OH is 1. The maximum absolute atomic E-state index is 13.2. The fourth-order valence-electron chi connectivity index (χ4n) is 1.26. The van der Waals surface area contributed by atoms with Crippen LogP contribution in [0.5, 0.6) is 0 Å². The highest BCUT2D eigenvalue weighted by Crippen LogP contribution is 2.38. The molecule has 1 aromatic carbocycles. The first-order valence-corrected chi connectivity index (χ1v) is 4.15. The van der Waals surface area contributed by atoms with Crippen molar-refractivity contribution in [2.45, 2.75) is 19.0 Å². The maximum atomic E-state index is 13.2. The quantitative estimate of drug-likeness (QED) is 0.769. The van der Waals surface area contributed by atoms with Crippen LogP contribution in [0.2, 0.25) is 0 Å². The Morgan fingerprint density at radius 2 is 1.29 bits per heavy atom. The summed E-state index contributed by atoms with van der Waals surface area (Å²) in [6.07, 6.45) is -10.1. The second-order valence-corrected chi connectivity index (χ2v) is 3.11. The molecule has 1 N–H and O–H groups in total. The molecule has 0 fully saturated rings. The highest BCUT2D eigenvalue weighted by atomic mass is 19.4. The Labute approximate surface area is 90.5 Å². The fourth-order valence-corrected chi connectivity index (χ4v) is 1.26. The van der Waals surface area contributed by atoms with Crippen molar-refractivity contribution in [3.63, 3.8) is 0 Å². The van der Waals surface area contributed by atoms with Crippen LogP contribution in [0.4, 0.5) is 30.7 Å². The monoisotopic (exact) mass is 262 g/mol. The summed E-state index contributed by atoms with van der Waals surface area (Å²) in [4.78, 5) is 0. The van der Waals surface area contributed by atoms with Crippen molar-refractivity contribution in [2.75, 3.05) is 0 Å². The molecular weight excluding hydrogens is 257 g/mol. The molecule has 0 unspecified atom stereocenters. The Kier molecular flexibility index (Phi) is 3.37. The van der Waals surface area contributed by atoms with Crippen LogP contribution in [-0.4, -0.2) is 5.11 Å². The van der Waals surface area contributed by atoms with Gasteiger partial charge in [-0.05, 0) is 12.1 Å². The van der Waals surface area contributed by atoms with Gasteiger partial charge in [-0.2, -0.15) is 26.3 Å². The number of alkyl halides is 6. The largest absolute Gasteiger partial charge is 0.419 e. The summed E-state index contributed by atoms with van der Waals surface area (Å²) < 4.78 is 86.6. The molecule has 0 saturated carbocycles. The topological polar surface area (TPSA) is 20.2 Å². The molecule has 0 spiro atoms. The minimum atomic E-state index is -5.11. The van der Waals surface area contributed by atoms with Crippen molar-refractivity contribution in [2.24, 2.45) is 0 Å². The average molecular weight is 262 g/mol. The summed E-state index contributed by atoms with van der Waals surface area (Å²) in [5.41, 5.74) is -4.87. The van der Waals surface area contributed by atoms with Gasteiger partial charge in [-0.15, -0.1) is 0 Å². The van der Waals surface area contributed by atoms with Gasteiger partial charge in [0, 0.05) is 5.56 Å². The van der Waals surface area contributed by atoms with E-state index in [9.17, 15) is 30.7 Å². The zero-order valence-corrected chi connectivity index (χ0v) is 7.95. The van der Waals surface area contributed by atoms with Crippen molar-refractivity contribution >= 4 is 0 Å². The summed E-state index contributed by atoms with van der Waals surface area (Å²) in [6, 6.07) is 0.0920. The van der Waals surface area contributed by atoms with E-state index in [0.29, 0.717) is 0 Å². The molecule has 0 heterocycles. The first-order valence-electron chi connectivity index (χ1n) is 4.15. The molecule has 0 aliphatic rings. The van der Waals surface area contributed by atoms with E-state index >= 15 is 0 Å². The molecule has 0 radical (unpaired) electrons. The summed E-state index contributed by atoms with van der Waals surface area (Å²) >= 11 is 0. The lowest BCUT2D eigenvalue weighted by Crippen LogP contribution is -2.16. The standard InChI is InChI=1S/C9H5F7O/c10-7-4(3-17)5(8(11,12)13)1-2-6(7)9(14,15)16/h1-2,17H,3H2. The molecule has 1 aromatic rings. The predicted octanol–water partition coefficient (Wildman–Crippen LogP) is 3.36. The molecule has 0 saturated heterocycles. The molecule has 0 aliphatic heterocycles. The highest BCUT2D eigenvalue weighted by Gasteiger charge is 2.40. The van der Waals surface area contributed by atoms with Gasteiger partial charge in [0.2, 0.25) is 0 Å². The van der Waals surface area contributed by atoms with Crippen LogP contribution in [0.1, 0.15) is 16.7 Å². The van der Waals surface area contributed by atoms with Gasteiger partial charge in [-0.3, -0.25) is 0 Å². The Balaban J connectivity index is 3.49. The first kappa shape index (κ1) is 13.8. The Morgan fingerprint density at radius 3 is 1.65 bits per heavy atom. The lowest BCUT2D eigenvalue weighted by Gasteiger charge is -2.15. The second-order valence-electron chi connectivity index (χ2n) is 3.11. The molecule has 8 heteroatoms. The zero-order valence-electron chi connectivity index (χ0n) is 7.95. The molecule has 17 heavy (non-hydrogen) atoms. The Bertz CT molecular complexity index is 419. The molecular formula is C9H5F7O. The lowest BCUT2D eigenvalue weighted by molar-refractivity contribution is -0.144. The van der Waals surface area contributed by atoms with Gasteiger partial charge < -0.3 is 5.11 Å². The van der Waals surface area contributed by atoms with Crippen LogP contribution in [0.3, 0.4) is 0 Å². The molecule has 1 rings (SSSR count). The predicted molar refractivity (Wildman–Crippen MR) is 42.3 cm³/mol.